The van der Waals surface area contributed by atoms with Crippen molar-refractivity contribution in [3.63, 3.8) is 0 Å². The minimum absolute atomic E-state index is 0.000142. The van der Waals surface area contributed by atoms with Crippen LogP contribution in [0, 0.1) is 5.82 Å². The van der Waals surface area contributed by atoms with Crippen molar-refractivity contribution >= 4 is 60.7 Å². The smallest absolute Gasteiger partial charge is 0.270 e. The predicted octanol–water partition coefficient (Wildman–Crippen LogP) is 3.90. The topological polar surface area (TPSA) is 118 Å². The normalized spacial score (nSPS) is 11.2. The van der Waals surface area contributed by atoms with Crippen LogP contribution in [0.5, 0.6) is 5.75 Å². The molecule has 2 N–H and O–H groups in total. The highest BCUT2D eigenvalue weighted by molar-refractivity contribution is 9.10. The summed E-state index contributed by atoms with van der Waals surface area (Å²) >= 11 is 9.95. The lowest BCUT2D eigenvalue weighted by Crippen LogP contribution is -2.20. The maximum absolute atomic E-state index is 13.8. The molecule has 0 atom stereocenters. The number of sulfone groups is 1. The summed E-state index contributed by atoms with van der Waals surface area (Å²) < 4.78 is 44.9. The average molecular weight is 563 g/mol. The van der Waals surface area contributed by atoms with Crippen molar-refractivity contribution in [2.45, 2.75) is 14.9 Å². The number of carbonyl (C=O) groups is 1. The molecule has 0 bridgehead atoms. The largest absolute Gasteiger partial charge is 0.495 e. The maximum Gasteiger partial charge on any atom is 0.270 e. The first kappa shape index (κ1) is 24.2. The molecular weight excluding hydrogens is 549 g/mol. The Morgan fingerprint density at radius 2 is 2.06 bits per heavy atom. The fourth-order valence-corrected chi connectivity index (χ4v) is 5.03. The number of halogens is 3. The summed E-state index contributed by atoms with van der Waals surface area (Å²) in [6.45, 7) is 0. The van der Waals surface area contributed by atoms with E-state index in [0.717, 1.165) is 18.0 Å². The number of nitrogens with one attached hydrogen (secondary N) is 2. The van der Waals surface area contributed by atoms with Gasteiger partial charge in [-0.25, -0.2) is 17.8 Å². The van der Waals surface area contributed by atoms with Crippen LogP contribution in [0.1, 0.15) is 0 Å². The van der Waals surface area contributed by atoms with Gasteiger partial charge in [-0.05, 0) is 36.4 Å². The molecule has 0 radical (unpaired) electrons. The number of hydrogen-bond acceptors (Lipinski definition) is 7. The van der Waals surface area contributed by atoms with Crippen LogP contribution in [-0.2, 0) is 14.6 Å². The van der Waals surface area contributed by atoms with E-state index in [-0.39, 0.29) is 32.3 Å². The maximum atomic E-state index is 13.8. The lowest BCUT2D eigenvalue weighted by atomic mass is 10.3. The van der Waals surface area contributed by atoms with Crippen LogP contribution >= 0.6 is 39.3 Å². The van der Waals surface area contributed by atoms with Gasteiger partial charge in [-0.3, -0.25) is 9.59 Å². The Bertz CT molecular complexity index is 1350. The van der Waals surface area contributed by atoms with Gasteiger partial charge in [0.15, 0.2) is 10.1 Å². The van der Waals surface area contributed by atoms with Gasteiger partial charge in [0.25, 0.3) is 5.56 Å². The summed E-state index contributed by atoms with van der Waals surface area (Å²) in [6.07, 6.45) is 0.904. The summed E-state index contributed by atoms with van der Waals surface area (Å²) in [5.74, 6) is -1.06. The number of anilines is 1. The average Bonchev–Trinajstić information content (AvgIpc) is 2.74. The molecule has 32 heavy (non-hydrogen) atoms. The molecule has 0 aliphatic carbocycles. The number of ether oxygens (including phenoxy) is 1. The van der Waals surface area contributed by atoms with Crippen molar-refractivity contribution < 1.29 is 22.3 Å². The standard InChI is InChI=1S/C19H14BrClFN3O5S2/c1-30-15-5-3-11(7-12(15)21)32(28,29)16-8-23-19(25-18(16)27)31-9-17(26)24-14-4-2-10(20)6-13(14)22/h2-8H,9H2,1H3,(H,24,26)(H,23,25,27). The SMILES string of the molecule is COc1ccc(S(=O)(=O)c2cnc(SCC(=O)Nc3ccc(Br)cc3F)[nH]c2=O)cc1Cl. The molecule has 8 nitrogen and oxygen atoms in total. The number of benzene rings is 2. The molecule has 0 saturated heterocycles. The molecule has 1 aromatic heterocycles. The molecule has 13 heteroatoms. The number of aromatic amines is 1. The van der Waals surface area contributed by atoms with Crippen LogP contribution in [0.4, 0.5) is 10.1 Å². The van der Waals surface area contributed by atoms with E-state index >= 15 is 0 Å². The van der Waals surface area contributed by atoms with Crippen LogP contribution in [0.2, 0.25) is 5.02 Å². The fourth-order valence-electron chi connectivity index (χ4n) is 2.48. The number of rotatable bonds is 7. The van der Waals surface area contributed by atoms with Crippen molar-refractivity contribution in [3.8, 4) is 5.75 Å². The zero-order valence-electron chi connectivity index (χ0n) is 16.2. The Balaban J connectivity index is 1.73. The molecule has 0 aliphatic heterocycles. The van der Waals surface area contributed by atoms with Crippen molar-refractivity contribution in [1.82, 2.24) is 9.97 Å². The Morgan fingerprint density at radius 1 is 1.31 bits per heavy atom. The number of carbonyl (C=O) groups excluding carboxylic acids is 1. The summed E-state index contributed by atoms with van der Waals surface area (Å²) in [4.78, 5) is 29.9. The molecule has 0 saturated carbocycles. The summed E-state index contributed by atoms with van der Waals surface area (Å²) in [7, 11) is -2.81. The lowest BCUT2D eigenvalue weighted by Gasteiger charge is -2.08. The third kappa shape index (κ3) is 5.49. The molecule has 2 aromatic carbocycles. The van der Waals surface area contributed by atoms with Crippen LogP contribution in [-0.4, -0.2) is 37.2 Å². The van der Waals surface area contributed by atoms with Crippen LogP contribution < -0.4 is 15.6 Å². The van der Waals surface area contributed by atoms with E-state index in [1.54, 1.807) is 6.07 Å². The van der Waals surface area contributed by atoms with E-state index < -0.39 is 32.0 Å². The molecule has 3 rings (SSSR count). The van der Waals surface area contributed by atoms with E-state index in [1.807, 2.05) is 0 Å². The van der Waals surface area contributed by atoms with Gasteiger partial charge in [0.1, 0.15) is 11.6 Å². The van der Waals surface area contributed by atoms with Gasteiger partial charge in [0.2, 0.25) is 15.7 Å². The van der Waals surface area contributed by atoms with E-state index in [0.29, 0.717) is 4.47 Å². The van der Waals surface area contributed by atoms with Crippen molar-refractivity contribution in [1.29, 1.82) is 0 Å². The van der Waals surface area contributed by atoms with E-state index in [9.17, 15) is 22.4 Å². The zero-order chi connectivity index (χ0) is 23.5. The monoisotopic (exact) mass is 561 g/mol. The summed E-state index contributed by atoms with van der Waals surface area (Å²) in [5.41, 5.74) is -0.909. The van der Waals surface area contributed by atoms with E-state index in [4.69, 9.17) is 16.3 Å². The molecule has 3 aromatic rings. The number of nitrogens with zero attached hydrogens (tertiary/aromatic N) is 1. The zero-order valence-corrected chi connectivity index (χ0v) is 20.2. The van der Waals surface area contributed by atoms with Gasteiger partial charge in [-0.15, -0.1) is 0 Å². The molecule has 1 heterocycles. The predicted molar refractivity (Wildman–Crippen MR) is 122 cm³/mol. The molecule has 1 amide bonds. The quantitative estimate of drug-likeness (QED) is 0.331. The molecular formula is C19H14BrClFN3O5S2. The Hall–Kier alpha value is -2.41. The lowest BCUT2D eigenvalue weighted by molar-refractivity contribution is -0.113. The first-order valence-electron chi connectivity index (χ1n) is 8.67. The second-order valence-corrected chi connectivity index (χ2v) is 10.3. The fraction of sp³-hybridized carbons (Fsp3) is 0.105. The second kappa shape index (κ2) is 10.0. The molecule has 0 fully saturated rings. The first-order chi connectivity index (χ1) is 15.1. The highest BCUT2D eigenvalue weighted by atomic mass is 79.9. The molecule has 0 unspecified atom stereocenters. The third-order valence-corrected chi connectivity index (χ3v) is 7.43. The summed E-state index contributed by atoms with van der Waals surface area (Å²) in [5, 5.41) is 2.49. The van der Waals surface area contributed by atoms with E-state index in [1.165, 1.54) is 37.4 Å². The number of methoxy groups -OCH3 is 1. The van der Waals surface area contributed by atoms with Gasteiger partial charge >= 0.3 is 0 Å². The van der Waals surface area contributed by atoms with Crippen LogP contribution in [0.3, 0.4) is 0 Å². The molecule has 168 valence electrons. The van der Waals surface area contributed by atoms with Gasteiger partial charge < -0.3 is 15.0 Å². The summed E-state index contributed by atoms with van der Waals surface area (Å²) in [6, 6.07) is 7.97. The van der Waals surface area contributed by atoms with Gasteiger partial charge in [0.05, 0.1) is 34.7 Å². The van der Waals surface area contributed by atoms with Crippen LogP contribution in [0.15, 0.2) is 66.8 Å². The Labute approximate surface area is 199 Å². The Morgan fingerprint density at radius 3 is 2.69 bits per heavy atom. The minimum atomic E-state index is -4.19. The van der Waals surface area contributed by atoms with E-state index in [2.05, 4.69) is 31.2 Å². The number of aromatic nitrogens is 2. The number of amides is 1. The second-order valence-electron chi connectivity index (χ2n) is 6.14. The molecule has 0 aliphatic rings. The minimum Gasteiger partial charge on any atom is -0.495 e. The van der Waals surface area contributed by atoms with Gasteiger partial charge in [0, 0.05) is 4.47 Å². The number of hydrogen-bond donors (Lipinski definition) is 2. The molecule has 0 spiro atoms. The number of H-pyrrole nitrogens is 1. The van der Waals surface area contributed by atoms with Crippen molar-refractivity contribution in [2.75, 3.05) is 18.2 Å². The Kier molecular flexibility index (Phi) is 7.59. The third-order valence-electron chi connectivity index (χ3n) is 4.01. The first-order valence-corrected chi connectivity index (χ1v) is 12.3. The van der Waals surface area contributed by atoms with Gasteiger partial charge in [-0.1, -0.05) is 39.3 Å². The highest BCUT2D eigenvalue weighted by Gasteiger charge is 2.23. The van der Waals surface area contributed by atoms with Gasteiger partial charge in [-0.2, -0.15) is 0 Å². The van der Waals surface area contributed by atoms with Crippen molar-refractivity contribution in [3.05, 3.63) is 68.3 Å². The highest BCUT2D eigenvalue weighted by Crippen LogP contribution is 2.29. The van der Waals surface area contributed by atoms with Crippen molar-refractivity contribution in [2.24, 2.45) is 0 Å². The number of thioether (sulfide) groups is 1. The van der Waals surface area contributed by atoms with Crippen LogP contribution in [0.25, 0.3) is 0 Å².